The van der Waals surface area contributed by atoms with Gasteiger partial charge in [0.1, 0.15) is 0 Å². The number of imidazole rings is 1. The highest BCUT2D eigenvalue weighted by molar-refractivity contribution is 7.89. The maximum atomic E-state index is 12.7. The van der Waals surface area contributed by atoms with Gasteiger partial charge < -0.3 is 10.3 Å². The number of nitrogens with two attached hydrogens (primary N) is 1. The second-order valence-electron chi connectivity index (χ2n) is 6.91. The molecule has 2 heterocycles. The number of aromatic nitrogens is 2. The van der Waals surface area contributed by atoms with E-state index in [9.17, 15) is 8.42 Å². The third-order valence-electron chi connectivity index (χ3n) is 5.60. The summed E-state index contributed by atoms with van der Waals surface area (Å²) in [4.78, 5) is 4.01. The molecule has 1 unspecified atom stereocenters. The fraction of sp³-hybridized carbons (Fsp3) is 0.471. The van der Waals surface area contributed by atoms with Crippen molar-refractivity contribution in [2.45, 2.75) is 35.7 Å². The SMILES string of the molecule is Cn1cnc(S(=O)(=O)N2CCC3(CC2)c2ccccc2CC3N)c1. The first-order valence-corrected chi connectivity index (χ1v) is 9.69. The Morgan fingerprint density at radius 2 is 1.96 bits per heavy atom. The Morgan fingerprint density at radius 1 is 1.25 bits per heavy atom. The van der Waals surface area contributed by atoms with Crippen molar-refractivity contribution in [3.63, 3.8) is 0 Å². The van der Waals surface area contributed by atoms with E-state index in [2.05, 4.69) is 23.2 Å². The molecule has 1 aromatic carbocycles. The smallest absolute Gasteiger partial charge is 0.262 e. The van der Waals surface area contributed by atoms with Gasteiger partial charge in [0.25, 0.3) is 10.0 Å². The molecule has 1 saturated heterocycles. The highest BCUT2D eigenvalue weighted by Crippen LogP contribution is 2.46. The fourth-order valence-electron chi connectivity index (χ4n) is 4.24. The van der Waals surface area contributed by atoms with Crippen LogP contribution in [0.5, 0.6) is 0 Å². The molecular weight excluding hydrogens is 324 g/mol. The van der Waals surface area contributed by atoms with Crippen molar-refractivity contribution in [2.75, 3.05) is 13.1 Å². The van der Waals surface area contributed by atoms with Crippen LogP contribution in [0.2, 0.25) is 0 Å². The first-order chi connectivity index (χ1) is 11.4. The largest absolute Gasteiger partial charge is 0.339 e. The maximum absolute atomic E-state index is 12.7. The van der Waals surface area contributed by atoms with Gasteiger partial charge in [-0.05, 0) is 30.4 Å². The summed E-state index contributed by atoms with van der Waals surface area (Å²) in [5.41, 5.74) is 9.01. The molecule has 2 aliphatic rings. The van der Waals surface area contributed by atoms with Crippen molar-refractivity contribution in [2.24, 2.45) is 12.8 Å². The van der Waals surface area contributed by atoms with Crippen LogP contribution in [-0.2, 0) is 28.9 Å². The third-order valence-corrected chi connectivity index (χ3v) is 7.39. The molecule has 1 atom stereocenters. The molecule has 24 heavy (non-hydrogen) atoms. The van der Waals surface area contributed by atoms with Crippen molar-refractivity contribution < 1.29 is 8.42 Å². The second-order valence-corrected chi connectivity index (χ2v) is 8.79. The Morgan fingerprint density at radius 3 is 2.62 bits per heavy atom. The summed E-state index contributed by atoms with van der Waals surface area (Å²) in [6, 6.07) is 8.46. The molecule has 7 heteroatoms. The van der Waals surface area contributed by atoms with Gasteiger partial charge >= 0.3 is 0 Å². The second kappa shape index (κ2) is 5.40. The van der Waals surface area contributed by atoms with E-state index < -0.39 is 10.0 Å². The normalized spacial score (nSPS) is 23.5. The van der Waals surface area contributed by atoms with Crippen molar-refractivity contribution in [1.29, 1.82) is 0 Å². The van der Waals surface area contributed by atoms with Crippen molar-refractivity contribution in [1.82, 2.24) is 13.9 Å². The number of rotatable bonds is 2. The molecule has 0 bridgehead atoms. The van der Waals surface area contributed by atoms with Crippen molar-refractivity contribution in [3.8, 4) is 0 Å². The minimum atomic E-state index is -3.52. The zero-order chi connectivity index (χ0) is 16.9. The number of hydrogen-bond donors (Lipinski definition) is 1. The summed E-state index contributed by atoms with van der Waals surface area (Å²) in [6.07, 6.45) is 5.47. The number of nitrogens with zero attached hydrogens (tertiary/aromatic N) is 3. The van der Waals surface area contributed by atoms with Crippen LogP contribution in [0.3, 0.4) is 0 Å². The average molecular weight is 346 g/mol. The predicted molar refractivity (Wildman–Crippen MR) is 91.0 cm³/mol. The predicted octanol–water partition coefficient (Wildman–Crippen LogP) is 1.03. The van der Waals surface area contributed by atoms with Gasteiger partial charge in [0.2, 0.25) is 0 Å². The van der Waals surface area contributed by atoms with Crippen LogP contribution in [0.15, 0.2) is 41.8 Å². The summed E-state index contributed by atoms with van der Waals surface area (Å²) in [5.74, 6) is 0. The summed E-state index contributed by atoms with van der Waals surface area (Å²) >= 11 is 0. The van der Waals surface area contributed by atoms with E-state index in [0.29, 0.717) is 13.1 Å². The average Bonchev–Trinajstić information content (AvgIpc) is 3.12. The zero-order valence-electron chi connectivity index (χ0n) is 13.7. The van der Waals surface area contributed by atoms with Crippen molar-refractivity contribution in [3.05, 3.63) is 47.9 Å². The number of hydrogen-bond acceptors (Lipinski definition) is 4. The van der Waals surface area contributed by atoms with E-state index in [1.54, 1.807) is 22.1 Å². The first-order valence-electron chi connectivity index (χ1n) is 8.25. The fourth-order valence-corrected chi connectivity index (χ4v) is 5.64. The Kier molecular flexibility index (Phi) is 3.56. The first kappa shape index (κ1) is 15.8. The molecule has 6 nitrogen and oxygen atoms in total. The lowest BCUT2D eigenvalue weighted by Gasteiger charge is -2.42. The van der Waals surface area contributed by atoms with Gasteiger partial charge in [-0.15, -0.1) is 0 Å². The Labute approximate surface area is 142 Å². The number of aryl methyl sites for hydroxylation is 1. The van der Waals surface area contributed by atoms with E-state index in [4.69, 9.17) is 5.73 Å². The van der Waals surface area contributed by atoms with E-state index >= 15 is 0 Å². The molecule has 1 aliphatic carbocycles. The summed E-state index contributed by atoms with van der Waals surface area (Å²) in [7, 11) is -1.75. The zero-order valence-corrected chi connectivity index (χ0v) is 14.5. The van der Waals surface area contributed by atoms with Crippen LogP contribution >= 0.6 is 0 Å². The van der Waals surface area contributed by atoms with Gasteiger partial charge in [-0.3, -0.25) is 0 Å². The molecule has 2 N–H and O–H groups in total. The molecule has 128 valence electrons. The molecular formula is C17H22N4O2S. The van der Waals surface area contributed by atoms with Crippen LogP contribution < -0.4 is 5.73 Å². The molecule has 0 saturated carbocycles. The number of fused-ring (bicyclic) bond motifs is 2. The quantitative estimate of drug-likeness (QED) is 0.880. The standard InChI is InChI=1S/C17H22N4O2S/c1-20-11-16(19-12-20)24(22,23)21-8-6-17(7-9-21)14-5-3-2-4-13(14)10-15(17)18/h2-5,11-12,15H,6-10,18H2,1H3. The van der Waals surface area contributed by atoms with E-state index in [0.717, 1.165) is 19.3 Å². The minimum Gasteiger partial charge on any atom is -0.339 e. The molecule has 4 rings (SSSR count). The van der Waals surface area contributed by atoms with Gasteiger partial charge in [-0.1, -0.05) is 24.3 Å². The Hall–Kier alpha value is -1.70. The number of sulfonamides is 1. The van der Waals surface area contributed by atoms with E-state index in [1.165, 1.54) is 17.5 Å². The van der Waals surface area contributed by atoms with Crippen LogP contribution in [-0.4, -0.2) is 41.4 Å². The highest BCUT2D eigenvalue weighted by atomic mass is 32.2. The van der Waals surface area contributed by atoms with Crippen LogP contribution in [0, 0.1) is 0 Å². The summed E-state index contributed by atoms with van der Waals surface area (Å²) in [5, 5.41) is 0.122. The molecule has 1 fully saturated rings. The number of benzene rings is 1. The van der Waals surface area contributed by atoms with Gasteiger partial charge in [0, 0.05) is 37.8 Å². The van der Waals surface area contributed by atoms with Crippen LogP contribution in [0.4, 0.5) is 0 Å². The molecule has 0 amide bonds. The van der Waals surface area contributed by atoms with Gasteiger partial charge in [-0.25, -0.2) is 13.4 Å². The van der Waals surface area contributed by atoms with Crippen LogP contribution in [0.1, 0.15) is 24.0 Å². The molecule has 1 spiro atoms. The number of piperidine rings is 1. The van der Waals surface area contributed by atoms with E-state index in [1.807, 2.05) is 6.07 Å². The highest BCUT2D eigenvalue weighted by Gasteiger charge is 2.48. The van der Waals surface area contributed by atoms with Gasteiger partial charge in [-0.2, -0.15) is 4.31 Å². The summed E-state index contributed by atoms with van der Waals surface area (Å²) in [6.45, 7) is 0.974. The monoisotopic (exact) mass is 346 g/mol. The molecule has 2 aromatic rings. The Balaban J connectivity index is 1.60. The van der Waals surface area contributed by atoms with Crippen molar-refractivity contribution >= 4 is 10.0 Å². The Bertz CT molecular complexity index is 866. The lowest BCUT2D eigenvalue weighted by Crippen LogP contribution is -2.51. The lowest BCUT2D eigenvalue weighted by molar-refractivity contribution is 0.211. The van der Waals surface area contributed by atoms with E-state index in [-0.39, 0.29) is 16.5 Å². The molecule has 1 aliphatic heterocycles. The topological polar surface area (TPSA) is 81.2 Å². The minimum absolute atomic E-state index is 0.0644. The van der Waals surface area contributed by atoms with Crippen LogP contribution in [0.25, 0.3) is 0 Å². The molecule has 0 radical (unpaired) electrons. The maximum Gasteiger partial charge on any atom is 0.262 e. The lowest BCUT2D eigenvalue weighted by atomic mass is 9.72. The van der Waals surface area contributed by atoms with Gasteiger partial charge in [0.05, 0.1) is 6.33 Å². The third kappa shape index (κ3) is 2.22. The molecule has 1 aromatic heterocycles. The van der Waals surface area contributed by atoms with Gasteiger partial charge in [0.15, 0.2) is 5.03 Å². The summed E-state index contributed by atoms with van der Waals surface area (Å²) < 4.78 is 28.7.